The molecule has 2 N–H and O–H groups in total. The number of aryl methyl sites for hydroxylation is 2. The van der Waals surface area contributed by atoms with Crippen LogP contribution in [0.25, 0.3) is 11.0 Å². The van der Waals surface area contributed by atoms with Crippen LogP contribution in [0.5, 0.6) is 0 Å². The van der Waals surface area contributed by atoms with Crippen molar-refractivity contribution >= 4 is 28.7 Å². The van der Waals surface area contributed by atoms with Crippen molar-refractivity contribution in [1.29, 1.82) is 0 Å². The Hall–Kier alpha value is -2.63. The molecule has 0 aliphatic heterocycles. The number of nitrogens with one attached hydrogen (secondary N) is 2. The fourth-order valence-electron chi connectivity index (χ4n) is 2.28. The van der Waals surface area contributed by atoms with E-state index in [0.29, 0.717) is 5.95 Å². The van der Waals surface area contributed by atoms with Gasteiger partial charge in [-0.2, -0.15) is 4.98 Å². The fourth-order valence-corrected chi connectivity index (χ4v) is 2.28. The van der Waals surface area contributed by atoms with Crippen molar-refractivity contribution in [2.75, 3.05) is 17.2 Å². The Bertz CT molecular complexity index is 792. The number of fused-ring (bicyclic) bond motifs is 1. The number of benzene rings is 1. The summed E-state index contributed by atoms with van der Waals surface area (Å²) >= 11 is 0. The van der Waals surface area contributed by atoms with E-state index in [0.717, 1.165) is 41.3 Å². The highest BCUT2D eigenvalue weighted by Gasteiger charge is 2.09. The van der Waals surface area contributed by atoms with Crippen LogP contribution in [-0.4, -0.2) is 26.1 Å². The van der Waals surface area contributed by atoms with Gasteiger partial charge in [0.15, 0.2) is 0 Å². The highest BCUT2D eigenvalue weighted by atomic mass is 15.3. The van der Waals surface area contributed by atoms with E-state index in [9.17, 15) is 0 Å². The summed E-state index contributed by atoms with van der Waals surface area (Å²) in [4.78, 5) is 13.4. The Morgan fingerprint density at radius 3 is 2.77 bits per heavy atom. The molecule has 3 rings (SSSR count). The van der Waals surface area contributed by atoms with Gasteiger partial charge in [0.25, 0.3) is 0 Å². The van der Waals surface area contributed by atoms with Crippen LogP contribution in [0.4, 0.5) is 17.7 Å². The van der Waals surface area contributed by atoms with Crippen LogP contribution in [0.1, 0.15) is 18.9 Å². The first-order chi connectivity index (χ1) is 10.7. The van der Waals surface area contributed by atoms with Gasteiger partial charge in [0.05, 0.1) is 11.0 Å². The summed E-state index contributed by atoms with van der Waals surface area (Å²) in [5.41, 5.74) is 3.05. The first kappa shape index (κ1) is 14.3. The largest absolute Gasteiger partial charge is 0.370 e. The number of anilines is 3. The van der Waals surface area contributed by atoms with Gasteiger partial charge in [0.1, 0.15) is 5.82 Å². The van der Waals surface area contributed by atoms with Crippen LogP contribution in [0, 0.1) is 6.92 Å². The maximum Gasteiger partial charge on any atom is 0.231 e. The quantitative estimate of drug-likeness (QED) is 0.756. The predicted molar refractivity (Wildman–Crippen MR) is 89.5 cm³/mol. The molecule has 0 aliphatic rings. The van der Waals surface area contributed by atoms with Gasteiger partial charge in [-0.15, -0.1) is 0 Å². The average Bonchev–Trinajstić information content (AvgIpc) is 2.84. The van der Waals surface area contributed by atoms with Crippen LogP contribution in [-0.2, 0) is 7.05 Å². The third-order valence-electron chi connectivity index (χ3n) is 3.52. The van der Waals surface area contributed by atoms with Crippen molar-refractivity contribution in [2.45, 2.75) is 20.3 Å². The highest BCUT2D eigenvalue weighted by Crippen LogP contribution is 2.21. The van der Waals surface area contributed by atoms with E-state index in [4.69, 9.17) is 0 Å². The summed E-state index contributed by atoms with van der Waals surface area (Å²) in [5, 5.41) is 6.51. The second-order valence-electron chi connectivity index (χ2n) is 5.26. The lowest BCUT2D eigenvalue weighted by Crippen LogP contribution is -2.08. The standard InChI is InChI=1S/C16H20N6/c1-4-9-17-14-11(2)10-18-15(20-14)21-16-19-12-7-5-6-8-13(12)22(16)3/h5-8,10H,4,9H2,1-3H3,(H2,17,18,19,20,21). The molecule has 2 aromatic heterocycles. The van der Waals surface area contributed by atoms with Gasteiger partial charge in [-0.3, -0.25) is 5.32 Å². The normalized spacial score (nSPS) is 10.9. The lowest BCUT2D eigenvalue weighted by molar-refractivity contribution is 0.941. The Labute approximate surface area is 129 Å². The zero-order valence-electron chi connectivity index (χ0n) is 13.1. The molecule has 0 atom stereocenters. The summed E-state index contributed by atoms with van der Waals surface area (Å²) < 4.78 is 2.00. The number of rotatable bonds is 5. The van der Waals surface area contributed by atoms with Gasteiger partial charge in [-0.25, -0.2) is 9.97 Å². The molecule has 0 unspecified atom stereocenters. The minimum atomic E-state index is 0.544. The smallest absolute Gasteiger partial charge is 0.231 e. The molecule has 1 aromatic carbocycles. The molecular formula is C16H20N6. The maximum atomic E-state index is 4.57. The Balaban J connectivity index is 1.89. The molecule has 6 heteroatoms. The molecule has 3 aromatic rings. The topological polar surface area (TPSA) is 67.7 Å². The third kappa shape index (κ3) is 2.72. The number of hydrogen-bond donors (Lipinski definition) is 2. The molecule has 0 amide bonds. The van der Waals surface area contributed by atoms with Crippen molar-refractivity contribution in [3.8, 4) is 0 Å². The Kier molecular flexibility index (Phi) is 3.91. The SMILES string of the molecule is CCCNc1nc(Nc2nc3ccccc3n2C)ncc1C. The molecule has 0 bridgehead atoms. The van der Waals surface area contributed by atoms with Crippen molar-refractivity contribution in [3.63, 3.8) is 0 Å². The lowest BCUT2D eigenvalue weighted by atomic mass is 10.3. The van der Waals surface area contributed by atoms with Gasteiger partial charge in [-0.05, 0) is 25.5 Å². The van der Waals surface area contributed by atoms with Crippen LogP contribution in [0.3, 0.4) is 0 Å². The van der Waals surface area contributed by atoms with E-state index in [-0.39, 0.29) is 0 Å². The molecule has 0 fully saturated rings. The number of para-hydroxylation sites is 2. The van der Waals surface area contributed by atoms with Crippen LogP contribution < -0.4 is 10.6 Å². The third-order valence-corrected chi connectivity index (χ3v) is 3.52. The van der Waals surface area contributed by atoms with Gasteiger partial charge in [-0.1, -0.05) is 19.1 Å². The van der Waals surface area contributed by atoms with Crippen molar-refractivity contribution < 1.29 is 0 Å². The zero-order chi connectivity index (χ0) is 15.5. The average molecular weight is 296 g/mol. The number of hydrogen-bond acceptors (Lipinski definition) is 5. The van der Waals surface area contributed by atoms with E-state index in [1.807, 2.05) is 49.0 Å². The number of nitrogens with zero attached hydrogens (tertiary/aromatic N) is 4. The molecule has 22 heavy (non-hydrogen) atoms. The van der Waals surface area contributed by atoms with Crippen LogP contribution in [0.2, 0.25) is 0 Å². The summed E-state index contributed by atoms with van der Waals surface area (Å²) in [6.07, 6.45) is 2.87. The van der Waals surface area contributed by atoms with Crippen LogP contribution >= 0.6 is 0 Å². The molecule has 114 valence electrons. The van der Waals surface area contributed by atoms with Gasteiger partial charge in [0, 0.05) is 25.4 Å². The maximum absolute atomic E-state index is 4.57. The van der Waals surface area contributed by atoms with E-state index >= 15 is 0 Å². The van der Waals surface area contributed by atoms with Crippen molar-refractivity contribution in [1.82, 2.24) is 19.5 Å². The second-order valence-corrected chi connectivity index (χ2v) is 5.26. The molecule has 0 spiro atoms. The molecule has 0 aliphatic carbocycles. The van der Waals surface area contributed by atoms with E-state index in [1.165, 1.54) is 0 Å². The number of imidazole rings is 1. The molecule has 0 radical (unpaired) electrons. The first-order valence-corrected chi connectivity index (χ1v) is 7.45. The summed E-state index contributed by atoms with van der Waals surface area (Å²) in [5.74, 6) is 2.13. The lowest BCUT2D eigenvalue weighted by Gasteiger charge is -2.10. The summed E-state index contributed by atoms with van der Waals surface area (Å²) in [6.45, 7) is 5.02. The van der Waals surface area contributed by atoms with E-state index in [1.54, 1.807) is 0 Å². The van der Waals surface area contributed by atoms with Gasteiger partial charge < -0.3 is 9.88 Å². The fraction of sp³-hybridized carbons (Fsp3) is 0.312. The zero-order valence-corrected chi connectivity index (χ0v) is 13.1. The summed E-state index contributed by atoms with van der Waals surface area (Å²) in [6, 6.07) is 8.01. The predicted octanol–water partition coefficient (Wildman–Crippen LogP) is 3.24. The summed E-state index contributed by atoms with van der Waals surface area (Å²) in [7, 11) is 1.97. The van der Waals surface area contributed by atoms with Crippen molar-refractivity contribution in [2.24, 2.45) is 7.05 Å². The Morgan fingerprint density at radius 1 is 1.18 bits per heavy atom. The molecule has 2 heterocycles. The van der Waals surface area contributed by atoms with Gasteiger partial charge in [0.2, 0.25) is 11.9 Å². The second kappa shape index (κ2) is 6.01. The van der Waals surface area contributed by atoms with E-state index < -0.39 is 0 Å². The van der Waals surface area contributed by atoms with Crippen LogP contribution in [0.15, 0.2) is 30.5 Å². The van der Waals surface area contributed by atoms with Gasteiger partial charge >= 0.3 is 0 Å². The van der Waals surface area contributed by atoms with Crippen molar-refractivity contribution in [3.05, 3.63) is 36.0 Å². The Morgan fingerprint density at radius 2 is 2.00 bits per heavy atom. The monoisotopic (exact) mass is 296 g/mol. The highest BCUT2D eigenvalue weighted by molar-refractivity contribution is 5.79. The molecular weight excluding hydrogens is 276 g/mol. The molecule has 6 nitrogen and oxygen atoms in total. The molecule has 0 saturated heterocycles. The minimum Gasteiger partial charge on any atom is -0.370 e. The minimum absolute atomic E-state index is 0.544. The number of aromatic nitrogens is 4. The first-order valence-electron chi connectivity index (χ1n) is 7.45. The van der Waals surface area contributed by atoms with E-state index in [2.05, 4.69) is 32.5 Å². The molecule has 0 saturated carbocycles.